The molecule has 1 aliphatic carbocycles. The van der Waals surface area contributed by atoms with Crippen LogP contribution in [0.1, 0.15) is 59.3 Å². The van der Waals surface area contributed by atoms with Crippen LogP contribution < -0.4 is 5.32 Å². The zero-order valence-corrected chi connectivity index (χ0v) is 11.5. The molecule has 3 heteroatoms. The minimum Gasteiger partial charge on any atom is -0.334 e. The molecule has 1 heterocycles. The first kappa shape index (κ1) is 12.9. The van der Waals surface area contributed by atoms with Crippen LogP contribution in [-0.4, -0.2) is 35.0 Å². The second-order valence-corrected chi connectivity index (χ2v) is 6.21. The summed E-state index contributed by atoms with van der Waals surface area (Å²) in [5, 5.41) is 3.35. The number of amides is 1. The maximum absolute atomic E-state index is 12.5. The lowest BCUT2D eigenvalue weighted by Gasteiger charge is -2.46. The van der Waals surface area contributed by atoms with Crippen molar-refractivity contribution in [3.8, 4) is 0 Å². The van der Waals surface area contributed by atoms with E-state index >= 15 is 0 Å². The molecule has 0 aromatic rings. The van der Waals surface area contributed by atoms with Gasteiger partial charge in [-0.15, -0.1) is 0 Å². The fourth-order valence-electron chi connectivity index (χ4n) is 3.16. The van der Waals surface area contributed by atoms with Crippen molar-refractivity contribution in [2.24, 2.45) is 0 Å². The van der Waals surface area contributed by atoms with Crippen molar-refractivity contribution in [1.82, 2.24) is 10.2 Å². The third-order valence-corrected chi connectivity index (χ3v) is 4.30. The van der Waals surface area contributed by atoms with Gasteiger partial charge in [-0.3, -0.25) is 4.79 Å². The molecule has 1 saturated heterocycles. The van der Waals surface area contributed by atoms with E-state index in [1.165, 1.54) is 38.5 Å². The van der Waals surface area contributed by atoms with Crippen LogP contribution in [-0.2, 0) is 4.79 Å². The Morgan fingerprint density at radius 3 is 2.35 bits per heavy atom. The highest BCUT2D eigenvalue weighted by Gasteiger charge is 2.41. The molecule has 1 N–H and O–H groups in total. The number of hydrogen-bond acceptors (Lipinski definition) is 2. The van der Waals surface area contributed by atoms with Crippen molar-refractivity contribution < 1.29 is 4.79 Å². The number of carbonyl (C=O) groups excluding carboxylic acids is 1. The van der Waals surface area contributed by atoms with Crippen LogP contribution in [0.5, 0.6) is 0 Å². The largest absolute Gasteiger partial charge is 0.334 e. The molecular weight excluding hydrogens is 212 g/mol. The molecular formula is C14H26N2O. The van der Waals surface area contributed by atoms with E-state index in [4.69, 9.17) is 0 Å². The van der Waals surface area contributed by atoms with Gasteiger partial charge in [0.1, 0.15) is 0 Å². The molecule has 1 unspecified atom stereocenters. The monoisotopic (exact) mass is 238 g/mol. The first-order chi connectivity index (χ1) is 8.02. The Morgan fingerprint density at radius 1 is 1.18 bits per heavy atom. The lowest BCUT2D eigenvalue weighted by Crippen LogP contribution is -2.66. The molecule has 0 aromatic carbocycles. The van der Waals surface area contributed by atoms with Gasteiger partial charge < -0.3 is 10.2 Å². The highest BCUT2D eigenvalue weighted by molar-refractivity contribution is 5.86. The van der Waals surface area contributed by atoms with Crippen molar-refractivity contribution in [3.05, 3.63) is 0 Å². The van der Waals surface area contributed by atoms with Crippen LogP contribution in [0.4, 0.5) is 0 Å². The molecule has 0 aromatic heterocycles. The van der Waals surface area contributed by atoms with Crippen molar-refractivity contribution in [2.45, 2.75) is 76.9 Å². The highest BCUT2D eigenvalue weighted by atomic mass is 16.2. The van der Waals surface area contributed by atoms with E-state index in [0.717, 1.165) is 6.54 Å². The van der Waals surface area contributed by atoms with Crippen molar-refractivity contribution >= 4 is 5.91 Å². The third kappa shape index (κ3) is 2.65. The summed E-state index contributed by atoms with van der Waals surface area (Å²) in [6, 6.07) is 0.833. The predicted molar refractivity (Wildman–Crippen MR) is 69.9 cm³/mol. The van der Waals surface area contributed by atoms with Gasteiger partial charge in [-0.25, -0.2) is 0 Å². The van der Waals surface area contributed by atoms with Crippen LogP contribution in [0.2, 0.25) is 0 Å². The molecule has 17 heavy (non-hydrogen) atoms. The molecule has 2 aliphatic rings. The van der Waals surface area contributed by atoms with E-state index in [9.17, 15) is 4.79 Å². The summed E-state index contributed by atoms with van der Waals surface area (Å²) in [6.07, 6.45) is 7.66. The zero-order chi connectivity index (χ0) is 12.5. The fourth-order valence-corrected chi connectivity index (χ4v) is 3.16. The smallest absolute Gasteiger partial charge is 0.242 e. The van der Waals surface area contributed by atoms with Crippen molar-refractivity contribution in [3.63, 3.8) is 0 Å². The van der Waals surface area contributed by atoms with Gasteiger partial charge in [0.2, 0.25) is 5.91 Å². The van der Waals surface area contributed by atoms with E-state index in [1.807, 2.05) is 13.8 Å². The van der Waals surface area contributed by atoms with Gasteiger partial charge in [-0.2, -0.15) is 0 Å². The molecule has 1 amide bonds. The molecule has 98 valence electrons. The van der Waals surface area contributed by atoms with Gasteiger partial charge in [0.25, 0.3) is 0 Å². The third-order valence-electron chi connectivity index (χ3n) is 4.30. The predicted octanol–water partition coefficient (Wildman–Crippen LogP) is 2.31. The Morgan fingerprint density at radius 2 is 1.76 bits per heavy atom. The number of carbonyl (C=O) groups is 1. The van der Waals surface area contributed by atoms with E-state index in [1.54, 1.807) is 0 Å². The number of piperazine rings is 1. The highest BCUT2D eigenvalue weighted by Crippen LogP contribution is 2.27. The molecule has 3 nitrogen and oxygen atoms in total. The molecule has 1 saturated carbocycles. The summed E-state index contributed by atoms with van der Waals surface area (Å²) in [5.74, 6) is 0.295. The van der Waals surface area contributed by atoms with Gasteiger partial charge >= 0.3 is 0 Å². The first-order valence-corrected chi connectivity index (χ1v) is 7.10. The van der Waals surface area contributed by atoms with Crippen LogP contribution in [0.15, 0.2) is 0 Å². The van der Waals surface area contributed by atoms with E-state index in [0.29, 0.717) is 18.0 Å². The molecule has 1 aliphatic heterocycles. The summed E-state index contributed by atoms with van der Waals surface area (Å²) in [6.45, 7) is 7.11. The molecule has 0 bridgehead atoms. The van der Waals surface area contributed by atoms with Gasteiger partial charge in [-0.05, 0) is 33.6 Å². The van der Waals surface area contributed by atoms with Gasteiger partial charge in [-0.1, -0.05) is 25.7 Å². The standard InChI is InChI=1S/C14H26N2O/c1-11-10-15-14(2,3)13(17)16(11)12-8-6-4-5-7-9-12/h11-12,15H,4-10H2,1-3H3. The van der Waals surface area contributed by atoms with E-state index in [2.05, 4.69) is 17.1 Å². The van der Waals surface area contributed by atoms with Gasteiger partial charge in [0.05, 0.1) is 5.54 Å². The molecule has 0 spiro atoms. The lowest BCUT2D eigenvalue weighted by atomic mass is 9.94. The normalized spacial score (nSPS) is 31.4. The molecule has 1 atom stereocenters. The Bertz CT molecular complexity index is 280. The average molecular weight is 238 g/mol. The first-order valence-electron chi connectivity index (χ1n) is 7.10. The quantitative estimate of drug-likeness (QED) is 0.711. The fraction of sp³-hybridized carbons (Fsp3) is 0.929. The van der Waals surface area contributed by atoms with Crippen LogP contribution >= 0.6 is 0 Å². The minimum absolute atomic E-state index is 0.295. The number of nitrogens with one attached hydrogen (secondary N) is 1. The summed E-state index contributed by atoms with van der Waals surface area (Å²) < 4.78 is 0. The summed E-state index contributed by atoms with van der Waals surface area (Å²) in [7, 11) is 0. The molecule has 2 fully saturated rings. The SMILES string of the molecule is CC1CNC(C)(C)C(=O)N1C1CCCCCC1. The Labute approximate surface area is 105 Å². The molecule has 0 radical (unpaired) electrons. The van der Waals surface area contributed by atoms with Gasteiger partial charge in [0, 0.05) is 18.6 Å². The minimum atomic E-state index is -0.376. The summed E-state index contributed by atoms with van der Waals surface area (Å²) in [5.41, 5.74) is -0.376. The average Bonchev–Trinajstić information content (AvgIpc) is 2.54. The Kier molecular flexibility index (Phi) is 3.76. The number of nitrogens with zero attached hydrogens (tertiary/aromatic N) is 1. The van der Waals surface area contributed by atoms with E-state index < -0.39 is 0 Å². The second-order valence-electron chi connectivity index (χ2n) is 6.21. The number of rotatable bonds is 1. The Balaban J connectivity index is 2.12. The van der Waals surface area contributed by atoms with Crippen LogP contribution in [0.25, 0.3) is 0 Å². The van der Waals surface area contributed by atoms with Crippen LogP contribution in [0.3, 0.4) is 0 Å². The zero-order valence-electron chi connectivity index (χ0n) is 11.5. The van der Waals surface area contributed by atoms with Crippen LogP contribution in [0, 0.1) is 0 Å². The summed E-state index contributed by atoms with van der Waals surface area (Å²) >= 11 is 0. The number of hydrogen-bond donors (Lipinski definition) is 1. The van der Waals surface area contributed by atoms with Crippen molar-refractivity contribution in [1.29, 1.82) is 0 Å². The summed E-state index contributed by atoms with van der Waals surface area (Å²) in [4.78, 5) is 14.7. The van der Waals surface area contributed by atoms with Gasteiger partial charge in [0.15, 0.2) is 0 Å². The molecule has 2 rings (SSSR count). The van der Waals surface area contributed by atoms with E-state index in [-0.39, 0.29) is 5.54 Å². The Hall–Kier alpha value is -0.570. The van der Waals surface area contributed by atoms with Crippen molar-refractivity contribution in [2.75, 3.05) is 6.54 Å². The lowest BCUT2D eigenvalue weighted by molar-refractivity contribution is -0.146. The topological polar surface area (TPSA) is 32.3 Å². The maximum Gasteiger partial charge on any atom is 0.242 e. The maximum atomic E-state index is 12.5. The second kappa shape index (κ2) is 4.97.